The Hall–Kier alpha value is 0.310. The third kappa shape index (κ3) is 3.47. The molecule has 2 unspecified atom stereocenters. The zero-order chi connectivity index (χ0) is 7.98. The maximum atomic E-state index is 5.76. The molecule has 0 aromatic rings. The Kier molecular flexibility index (Phi) is 6.24. The molecule has 1 aliphatic rings. The molecular formula is C8H19NS. The SMILES string of the molecule is CC.CC1CSCCC1N. The van der Waals surface area contributed by atoms with Gasteiger partial charge in [-0.15, -0.1) is 0 Å². The van der Waals surface area contributed by atoms with Crippen LogP contribution in [0, 0.1) is 5.92 Å². The smallest absolute Gasteiger partial charge is 0.00802 e. The molecule has 1 aliphatic heterocycles. The molecule has 0 aromatic heterocycles. The Morgan fingerprint density at radius 2 is 2.00 bits per heavy atom. The zero-order valence-electron chi connectivity index (χ0n) is 7.26. The monoisotopic (exact) mass is 161 g/mol. The van der Waals surface area contributed by atoms with E-state index in [2.05, 4.69) is 6.92 Å². The highest BCUT2D eigenvalue weighted by Crippen LogP contribution is 2.20. The molecule has 1 heterocycles. The fourth-order valence-corrected chi connectivity index (χ4v) is 2.12. The van der Waals surface area contributed by atoms with Crippen molar-refractivity contribution in [1.82, 2.24) is 0 Å². The van der Waals surface area contributed by atoms with Crippen molar-refractivity contribution in [3.05, 3.63) is 0 Å². The van der Waals surface area contributed by atoms with E-state index in [1.165, 1.54) is 17.9 Å². The highest BCUT2D eigenvalue weighted by Gasteiger charge is 2.16. The molecule has 0 radical (unpaired) electrons. The molecule has 2 atom stereocenters. The lowest BCUT2D eigenvalue weighted by atomic mass is 10.0. The molecule has 2 heteroatoms. The second-order valence-electron chi connectivity index (χ2n) is 2.50. The number of thioether (sulfide) groups is 1. The van der Waals surface area contributed by atoms with Crippen molar-refractivity contribution >= 4 is 11.8 Å². The molecule has 1 saturated heterocycles. The summed E-state index contributed by atoms with van der Waals surface area (Å²) in [6.45, 7) is 6.23. The van der Waals surface area contributed by atoms with Crippen LogP contribution >= 0.6 is 11.8 Å². The summed E-state index contributed by atoms with van der Waals surface area (Å²) < 4.78 is 0. The number of rotatable bonds is 0. The van der Waals surface area contributed by atoms with Crippen LogP contribution < -0.4 is 5.73 Å². The lowest BCUT2D eigenvalue weighted by Crippen LogP contribution is -2.33. The predicted octanol–water partition coefficient (Wildman–Crippen LogP) is 2.11. The van der Waals surface area contributed by atoms with E-state index in [0.717, 1.165) is 5.92 Å². The average Bonchev–Trinajstić information content (AvgIpc) is 2.00. The first kappa shape index (κ1) is 10.3. The average molecular weight is 161 g/mol. The quantitative estimate of drug-likeness (QED) is 0.589. The Bertz CT molecular complexity index is 65.7. The minimum atomic E-state index is 0.483. The maximum Gasteiger partial charge on any atom is 0.00802 e. The van der Waals surface area contributed by atoms with Crippen LogP contribution in [0.5, 0.6) is 0 Å². The third-order valence-electron chi connectivity index (χ3n) is 1.71. The van der Waals surface area contributed by atoms with Gasteiger partial charge < -0.3 is 5.73 Å². The third-order valence-corrected chi connectivity index (χ3v) is 2.99. The molecule has 0 aromatic carbocycles. The zero-order valence-corrected chi connectivity index (χ0v) is 8.08. The van der Waals surface area contributed by atoms with Crippen molar-refractivity contribution < 1.29 is 0 Å². The van der Waals surface area contributed by atoms with E-state index in [9.17, 15) is 0 Å². The molecule has 2 N–H and O–H groups in total. The second kappa shape index (κ2) is 6.05. The van der Waals surface area contributed by atoms with Gasteiger partial charge in [-0.05, 0) is 23.8 Å². The van der Waals surface area contributed by atoms with Gasteiger partial charge in [0.15, 0.2) is 0 Å². The fourth-order valence-electron chi connectivity index (χ4n) is 0.897. The molecule has 62 valence electrons. The summed E-state index contributed by atoms with van der Waals surface area (Å²) >= 11 is 2.03. The van der Waals surface area contributed by atoms with E-state index < -0.39 is 0 Å². The Balaban J connectivity index is 0.000000371. The Labute approximate surface area is 68.8 Å². The lowest BCUT2D eigenvalue weighted by Gasteiger charge is -2.24. The van der Waals surface area contributed by atoms with E-state index in [1.807, 2.05) is 25.6 Å². The van der Waals surface area contributed by atoms with Crippen LogP contribution in [-0.4, -0.2) is 17.5 Å². The van der Waals surface area contributed by atoms with Crippen molar-refractivity contribution in [2.24, 2.45) is 11.7 Å². The number of hydrogen-bond donors (Lipinski definition) is 1. The first-order valence-corrected chi connectivity index (χ1v) is 5.29. The molecule has 1 nitrogen and oxygen atoms in total. The topological polar surface area (TPSA) is 26.0 Å². The van der Waals surface area contributed by atoms with Gasteiger partial charge >= 0.3 is 0 Å². The summed E-state index contributed by atoms with van der Waals surface area (Å²) in [5.74, 6) is 3.28. The normalized spacial score (nSPS) is 32.4. The van der Waals surface area contributed by atoms with Gasteiger partial charge in [-0.25, -0.2) is 0 Å². The van der Waals surface area contributed by atoms with Gasteiger partial charge in [-0.2, -0.15) is 11.8 Å². The van der Waals surface area contributed by atoms with Crippen molar-refractivity contribution in [3.63, 3.8) is 0 Å². The van der Waals surface area contributed by atoms with E-state index in [1.54, 1.807) is 0 Å². The summed E-state index contributed by atoms with van der Waals surface area (Å²) in [7, 11) is 0. The van der Waals surface area contributed by atoms with Crippen molar-refractivity contribution in [3.8, 4) is 0 Å². The first-order valence-electron chi connectivity index (χ1n) is 4.14. The van der Waals surface area contributed by atoms with Gasteiger partial charge in [-0.3, -0.25) is 0 Å². The molecule has 0 aliphatic carbocycles. The highest BCUT2D eigenvalue weighted by molar-refractivity contribution is 7.99. The van der Waals surface area contributed by atoms with E-state index >= 15 is 0 Å². The van der Waals surface area contributed by atoms with Crippen LogP contribution in [0.15, 0.2) is 0 Å². The van der Waals surface area contributed by atoms with E-state index in [0.29, 0.717) is 6.04 Å². The summed E-state index contributed by atoms with van der Waals surface area (Å²) in [6, 6.07) is 0.483. The Morgan fingerprint density at radius 3 is 2.30 bits per heavy atom. The molecule has 1 rings (SSSR count). The van der Waals surface area contributed by atoms with E-state index in [-0.39, 0.29) is 0 Å². The van der Waals surface area contributed by atoms with Crippen molar-refractivity contribution in [2.45, 2.75) is 33.2 Å². The summed E-state index contributed by atoms with van der Waals surface area (Å²) in [6.07, 6.45) is 1.21. The van der Waals surface area contributed by atoms with Crippen molar-refractivity contribution in [2.75, 3.05) is 11.5 Å². The molecule has 0 saturated carbocycles. The molecule has 10 heavy (non-hydrogen) atoms. The van der Waals surface area contributed by atoms with Gasteiger partial charge in [0, 0.05) is 6.04 Å². The minimum Gasteiger partial charge on any atom is -0.327 e. The van der Waals surface area contributed by atoms with Gasteiger partial charge in [0.2, 0.25) is 0 Å². The second-order valence-corrected chi connectivity index (χ2v) is 3.65. The van der Waals surface area contributed by atoms with Crippen LogP contribution in [0.3, 0.4) is 0 Å². The minimum absolute atomic E-state index is 0.483. The largest absolute Gasteiger partial charge is 0.327 e. The van der Waals surface area contributed by atoms with Gasteiger partial charge in [0.05, 0.1) is 0 Å². The van der Waals surface area contributed by atoms with Crippen LogP contribution in [0.1, 0.15) is 27.2 Å². The summed E-state index contributed by atoms with van der Waals surface area (Å²) in [4.78, 5) is 0. The predicted molar refractivity (Wildman–Crippen MR) is 50.4 cm³/mol. The lowest BCUT2D eigenvalue weighted by molar-refractivity contribution is 0.479. The molecule has 1 fully saturated rings. The van der Waals surface area contributed by atoms with Gasteiger partial charge in [0.25, 0.3) is 0 Å². The Morgan fingerprint density at radius 1 is 1.40 bits per heavy atom. The summed E-state index contributed by atoms with van der Waals surface area (Å²) in [5.41, 5.74) is 5.76. The standard InChI is InChI=1S/C6H13NS.C2H6/c1-5-4-8-3-2-6(5)7;1-2/h5-6H,2-4,7H2,1H3;1-2H3. The van der Waals surface area contributed by atoms with Crippen LogP contribution in [0.25, 0.3) is 0 Å². The molecule has 0 spiro atoms. The molecule has 0 bridgehead atoms. The number of hydrogen-bond acceptors (Lipinski definition) is 2. The van der Waals surface area contributed by atoms with Crippen LogP contribution in [0.4, 0.5) is 0 Å². The molecule has 0 amide bonds. The number of nitrogens with two attached hydrogens (primary N) is 1. The summed E-state index contributed by atoms with van der Waals surface area (Å²) in [5, 5.41) is 0. The highest BCUT2D eigenvalue weighted by atomic mass is 32.2. The fraction of sp³-hybridized carbons (Fsp3) is 1.00. The van der Waals surface area contributed by atoms with Crippen LogP contribution in [0.2, 0.25) is 0 Å². The first-order chi connectivity index (χ1) is 4.80. The van der Waals surface area contributed by atoms with Gasteiger partial charge in [0.1, 0.15) is 0 Å². The van der Waals surface area contributed by atoms with E-state index in [4.69, 9.17) is 5.73 Å². The molecular weight excluding hydrogens is 142 g/mol. The van der Waals surface area contributed by atoms with Crippen LogP contribution in [-0.2, 0) is 0 Å². The van der Waals surface area contributed by atoms with Crippen molar-refractivity contribution in [1.29, 1.82) is 0 Å². The maximum absolute atomic E-state index is 5.76. The van der Waals surface area contributed by atoms with Gasteiger partial charge in [-0.1, -0.05) is 20.8 Å².